The van der Waals surface area contributed by atoms with E-state index in [-0.39, 0.29) is 17.7 Å². The van der Waals surface area contributed by atoms with E-state index < -0.39 is 0 Å². The number of amides is 1. The van der Waals surface area contributed by atoms with Gasteiger partial charge in [0, 0.05) is 24.5 Å². The van der Waals surface area contributed by atoms with Gasteiger partial charge in [-0.1, -0.05) is 67.1 Å². The van der Waals surface area contributed by atoms with Gasteiger partial charge in [-0.2, -0.15) is 0 Å². The van der Waals surface area contributed by atoms with Crippen LogP contribution in [0, 0.1) is 5.92 Å². The van der Waals surface area contributed by atoms with Crippen LogP contribution in [0.1, 0.15) is 49.7 Å². The van der Waals surface area contributed by atoms with Crippen LogP contribution in [0.3, 0.4) is 0 Å². The maximum absolute atomic E-state index is 13.0. The minimum Gasteiger partial charge on any atom is -0.355 e. The number of carbonyl (C=O) groups excluding carboxylic acids is 1. The van der Waals surface area contributed by atoms with E-state index in [1.165, 1.54) is 30.4 Å². The van der Waals surface area contributed by atoms with Crippen LogP contribution >= 0.6 is 0 Å². The molecule has 0 spiro atoms. The van der Waals surface area contributed by atoms with Crippen molar-refractivity contribution >= 4 is 5.91 Å². The Morgan fingerprint density at radius 1 is 1.04 bits per heavy atom. The van der Waals surface area contributed by atoms with Gasteiger partial charge in [0.15, 0.2) is 0 Å². The van der Waals surface area contributed by atoms with Crippen LogP contribution in [0.4, 0.5) is 0 Å². The Hall–Kier alpha value is -2.13. The lowest BCUT2D eigenvalue weighted by Crippen LogP contribution is -2.42. The van der Waals surface area contributed by atoms with Crippen LogP contribution in [-0.2, 0) is 4.79 Å². The predicted molar refractivity (Wildman–Crippen MR) is 110 cm³/mol. The standard InChI is InChI=1S/C24H30N2O/c1-18-22(16-21-14-8-9-15-26(18)21)24(27)25-17-23(19-10-4-2-5-11-19)20-12-6-3-7-13-20/h2-7,10-13,18,21-23H,8-9,14-17H2,1H3,(H,25,27)/t18-,21-,22+/m1/s1. The van der Waals surface area contributed by atoms with Gasteiger partial charge in [-0.15, -0.1) is 0 Å². The second kappa shape index (κ2) is 8.26. The minimum atomic E-state index is 0.125. The zero-order chi connectivity index (χ0) is 18.6. The van der Waals surface area contributed by atoms with Crippen molar-refractivity contribution in [2.75, 3.05) is 13.1 Å². The summed E-state index contributed by atoms with van der Waals surface area (Å²) in [6, 6.07) is 22.0. The Labute approximate surface area is 162 Å². The van der Waals surface area contributed by atoms with Crippen molar-refractivity contribution < 1.29 is 4.79 Å². The average molecular weight is 363 g/mol. The van der Waals surface area contributed by atoms with E-state index in [1.54, 1.807) is 0 Å². The number of carbonyl (C=O) groups is 1. The van der Waals surface area contributed by atoms with Gasteiger partial charge in [0.1, 0.15) is 0 Å². The summed E-state index contributed by atoms with van der Waals surface area (Å²) in [5.41, 5.74) is 2.50. The Balaban J connectivity index is 1.46. The van der Waals surface area contributed by atoms with Crippen LogP contribution in [0.15, 0.2) is 60.7 Å². The summed E-state index contributed by atoms with van der Waals surface area (Å²) >= 11 is 0. The summed E-state index contributed by atoms with van der Waals surface area (Å²) < 4.78 is 0. The molecule has 0 unspecified atom stereocenters. The van der Waals surface area contributed by atoms with Gasteiger partial charge in [-0.25, -0.2) is 0 Å². The molecule has 3 nitrogen and oxygen atoms in total. The molecule has 2 aliphatic heterocycles. The highest BCUT2D eigenvalue weighted by atomic mass is 16.2. The molecule has 0 bridgehead atoms. The molecule has 0 aliphatic carbocycles. The third kappa shape index (κ3) is 3.93. The van der Waals surface area contributed by atoms with Gasteiger partial charge in [0.05, 0.1) is 5.92 Å². The van der Waals surface area contributed by atoms with E-state index in [4.69, 9.17) is 0 Å². The average Bonchev–Trinajstić information content (AvgIpc) is 3.07. The summed E-state index contributed by atoms with van der Waals surface area (Å²) in [6.45, 7) is 4.05. The minimum absolute atomic E-state index is 0.125. The number of benzene rings is 2. The highest BCUT2D eigenvalue weighted by molar-refractivity contribution is 5.80. The smallest absolute Gasteiger partial charge is 0.224 e. The third-order valence-electron chi connectivity index (χ3n) is 6.53. The van der Waals surface area contributed by atoms with Crippen LogP contribution < -0.4 is 5.32 Å². The van der Waals surface area contributed by atoms with Gasteiger partial charge in [-0.05, 0) is 43.9 Å². The van der Waals surface area contributed by atoms with Crippen molar-refractivity contribution in [2.24, 2.45) is 5.92 Å². The van der Waals surface area contributed by atoms with E-state index in [0.717, 1.165) is 13.0 Å². The molecule has 0 saturated carbocycles. The topological polar surface area (TPSA) is 32.3 Å². The summed E-state index contributed by atoms with van der Waals surface area (Å²) in [6.07, 6.45) is 4.87. The number of hydrogen-bond acceptors (Lipinski definition) is 2. The highest BCUT2D eigenvalue weighted by Gasteiger charge is 2.42. The van der Waals surface area contributed by atoms with Crippen molar-refractivity contribution in [3.05, 3.63) is 71.8 Å². The molecule has 1 N–H and O–H groups in total. The molecule has 1 amide bonds. The van der Waals surface area contributed by atoms with Crippen LogP contribution in [0.5, 0.6) is 0 Å². The van der Waals surface area contributed by atoms with Crippen molar-refractivity contribution in [2.45, 2.75) is 50.6 Å². The Bertz CT molecular complexity index is 706. The number of nitrogens with zero attached hydrogens (tertiary/aromatic N) is 1. The normalized spacial score (nSPS) is 25.3. The van der Waals surface area contributed by atoms with Crippen molar-refractivity contribution in [1.82, 2.24) is 10.2 Å². The van der Waals surface area contributed by atoms with Crippen LogP contribution in [-0.4, -0.2) is 36.0 Å². The fraction of sp³-hybridized carbons (Fsp3) is 0.458. The maximum atomic E-state index is 13.0. The molecule has 4 rings (SSSR count). The summed E-state index contributed by atoms with van der Waals surface area (Å²) in [7, 11) is 0. The predicted octanol–water partition coefficient (Wildman–Crippen LogP) is 4.20. The van der Waals surface area contributed by atoms with E-state index in [0.29, 0.717) is 18.6 Å². The molecule has 2 aliphatic rings. The Kier molecular flexibility index (Phi) is 5.58. The zero-order valence-electron chi connectivity index (χ0n) is 16.2. The molecule has 27 heavy (non-hydrogen) atoms. The summed E-state index contributed by atoms with van der Waals surface area (Å²) in [5.74, 6) is 0.546. The number of nitrogens with one attached hydrogen (secondary N) is 1. The summed E-state index contributed by atoms with van der Waals surface area (Å²) in [4.78, 5) is 15.6. The Morgan fingerprint density at radius 2 is 1.67 bits per heavy atom. The fourth-order valence-corrected chi connectivity index (χ4v) is 4.99. The molecular weight excluding hydrogens is 332 g/mol. The summed E-state index contributed by atoms with van der Waals surface area (Å²) in [5, 5.41) is 3.30. The van der Waals surface area contributed by atoms with Gasteiger partial charge in [-0.3, -0.25) is 9.69 Å². The monoisotopic (exact) mass is 362 g/mol. The van der Waals surface area contributed by atoms with Gasteiger partial charge in [0.2, 0.25) is 5.91 Å². The molecule has 0 radical (unpaired) electrons. The van der Waals surface area contributed by atoms with Gasteiger partial charge in [0.25, 0.3) is 0 Å². The molecule has 2 aromatic rings. The van der Waals surface area contributed by atoms with Crippen molar-refractivity contribution in [3.63, 3.8) is 0 Å². The first-order valence-corrected chi connectivity index (χ1v) is 10.4. The lowest BCUT2D eigenvalue weighted by atomic mass is 9.90. The molecule has 2 fully saturated rings. The van der Waals surface area contributed by atoms with E-state index >= 15 is 0 Å². The highest BCUT2D eigenvalue weighted by Crippen LogP contribution is 2.35. The molecule has 2 saturated heterocycles. The van der Waals surface area contributed by atoms with Gasteiger partial charge >= 0.3 is 0 Å². The Morgan fingerprint density at radius 3 is 2.26 bits per heavy atom. The van der Waals surface area contributed by atoms with E-state index in [1.807, 2.05) is 12.1 Å². The SMILES string of the molecule is C[C@@H]1[C@@H](C(=O)NCC(c2ccccc2)c2ccccc2)C[C@H]2CCCCN21. The second-order valence-corrected chi connectivity index (χ2v) is 8.09. The van der Waals surface area contributed by atoms with E-state index in [9.17, 15) is 4.79 Å². The molecule has 2 heterocycles. The van der Waals surface area contributed by atoms with Crippen molar-refractivity contribution in [1.29, 1.82) is 0 Å². The number of fused-ring (bicyclic) bond motifs is 1. The largest absolute Gasteiger partial charge is 0.355 e. The van der Waals surface area contributed by atoms with E-state index in [2.05, 4.69) is 65.7 Å². The van der Waals surface area contributed by atoms with Crippen LogP contribution in [0.25, 0.3) is 0 Å². The first kappa shape index (κ1) is 18.2. The molecular formula is C24H30N2O. The molecule has 3 heteroatoms. The second-order valence-electron chi connectivity index (χ2n) is 8.09. The first-order valence-electron chi connectivity index (χ1n) is 10.4. The molecule has 2 aromatic carbocycles. The fourth-order valence-electron chi connectivity index (χ4n) is 4.99. The quantitative estimate of drug-likeness (QED) is 0.865. The zero-order valence-corrected chi connectivity index (χ0v) is 16.2. The molecule has 3 atom stereocenters. The van der Waals surface area contributed by atoms with Crippen LogP contribution in [0.2, 0.25) is 0 Å². The molecule has 142 valence electrons. The first-order chi connectivity index (χ1) is 13.2. The lowest BCUT2D eigenvalue weighted by molar-refractivity contribution is -0.125. The lowest BCUT2D eigenvalue weighted by Gasteiger charge is -2.32. The maximum Gasteiger partial charge on any atom is 0.224 e. The number of piperidine rings is 1. The molecule has 0 aromatic heterocycles. The third-order valence-corrected chi connectivity index (χ3v) is 6.53. The number of rotatable bonds is 5. The van der Waals surface area contributed by atoms with Gasteiger partial charge < -0.3 is 5.32 Å². The van der Waals surface area contributed by atoms with Crippen molar-refractivity contribution in [3.8, 4) is 0 Å². The number of hydrogen-bond donors (Lipinski definition) is 1.